The lowest BCUT2D eigenvalue weighted by Gasteiger charge is -2.38. The van der Waals surface area contributed by atoms with Crippen LogP contribution in [0.25, 0.3) is 11.1 Å². The molecule has 166 valence electrons. The van der Waals surface area contributed by atoms with Crippen LogP contribution in [-0.4, -0.2) is 16.4 Å². The molecule has 0 spiro atoms. The van der Waals surface area contributed by atoms with Crippen molar-refractivity contribution >= 4 is 18.1 Å². The first-order valence-electron chi connectivity index (χ1n) is 11.4. The van der Waals surface area contributed by atoms with E-state index in [9.17, 15) is 4.79 Å². The van der Waals surface area contributed by atoms with Gasteiger partial charge in [0.2, 0.25) is 5.95 Å². The quantitative estimate of drug-likeness (QED) is 0.436. The van der Waals surface area contributed by atoms with Crippen LogP contribution in [-0.2, 0) is 15.1 Å². The monoisotopic (exact) mass is 429 g/mol. The molecule has 1 fully saturated rings. The van der Waals surface area contributed by atoms with Gasteiger partial charge in [-0.3, -0.25) is 4.79 Å². The van der Waals surface area contributed by atoms with Crippen molar-refractivity contribution in [3.63, 3.8) is 0 Å². The number of hydrogen-bond acceptors (Lipinski definition) is 5. The Morgan fingerprint density at radius 1 is 1.00 bits per heavy atom. The molecule has 1 aliphatic rings. The van der Waals surface area contributed by atoms with Crippen molar-refractivity contribution in [2.24, 2.45) is 5.92 Å². The van der Waals surface area contributed by atoms with Crippen molar-refractivity contribution in [2.45, 2.75) is 58.5 Å². The van der Waals surface area contributed by atoms with Gasteiger partial charge in [0.25, 0.3) is 6.47 Å². The van der Waals surface area contributed by atoms with E-state index in [1.54, 1.807) is 6.20 Å². The molecule has 0 amide bonds. The predicted octanol–water partition coefficient (Wildman–Crippen LogP) is 6.47. The molecule has 1 saturated carbocycles. The molecule has 1 aliphatic carbocycles. The van der Waals surface area contributed by atoms with Crippen LogP contribution in [0.1, 0.15) is 55.8 Å². The van der Waals surface area contributed by atoms with Gasteiger partial charge in [0.1, 0.15) is 5.60 Å². The van der Waals surface area contributed by atoms with Crippen molar-refractivity contribution < 1.29 is 9.53 Å². The van der Waals surface area contributed by atoms with Crippen LogP contribution in [0.5, 0.6) is 0 Å². The Kier molecular flexibility index (Phi) is 6.54. The van der Waals surface area contributed by atoms with E-state index in [1.807, 2.05) is 13.0 Å². The van der Waals surface area contributed by atoms with E-state index in [2.05, 4.69) is 71.6 Å². The molecule has 1 aromatic heterocycles. The fourth-order valence-corrected chi connectivity index (χ4v) is 4.81. The highest BCUT2D eigenvalue weighted by Crippen LogP contribution is 2.42. The summed E-state index contributed by atoms with van der Waals surface area (Å²) in [5.41, 5.74) is 5.72. The zero-order valence-corrected chi connectivity index (χ0v) is 19.1. The molecule has 4 rings (SSSR count). The molecule has 0 aliphatic heterocycles. The SMILES string of the molecule is Cc1cc(Nc2nccc(C)n2)cc(-c2ccc(C(C)(OC=O)C3CCCCC3)cc2)c1. The van der Waals surface area contributed by atoms with Gasteiger partial charge in [-0.15, -0.1) is 0 Å². The number of rotatable bonds is 7. The number of nitrogens with one attached hydrogen (secondary N) is 1. The highest BCUT2D eigenvalue weighted by molar-refractivity contribution is 5.71. The highest BCUT2D eigenvalue weighted by atomic mass is 16.5. The number of carbonyl (C=O) groups is 1. The summed E-state index contributed by atoms with van der Waals surface area (Å²) in [4.78, 5) is 20.1. The molecular formula is C27H31N3O2. The summed E-state index contributed by atoms with van der Waals surface area (Å²) >= 11 is 0. The lowest BCUT2D eigenvalue weighted by Crippen LogP contribution is -2.36. The fraction of sp³-hybridized carbons (Fsp3) is 0.370. The number of aromatic nitrogens is 2. The van der Waals surface area contributed by atoms with E-state index in [-0.39, 0.29) is 0 Å². The minimum Gasteiger partial charge on any atom is -0.456 e. The second kappa shape index (κ2) is 9.51. The molecule has 1 heterocycles. The smallest absolute Gasteiger partial charge is 0.293 e. The second-order valence-electron chi connectivity index (χ2n) is 8.97. The van der Waals surface area contributed by atoms with Crippen LogP contribution >= 0.6 is 0 Å². The van der Waals surface area contributed by atoms with Gasteiger partial charge in [0.15, 0.2) is 0 Å². The van der Waals surface area contributed by atoms with E-state index in [1.165, 1.54) is 19.3 Å². The number of hydrogen-bond donors (Lipinski definition) is 1. The maximum Gasteiger partial charge on any atom is 0.293 e. The molecule has 1 N–H and O–H groups in total. The van der Waals surface area contributed by atoms with E-state index < -0.39 is 5.60 Å². The summed E-state index contributed by atoms with van der Waals surface area (Å²) in [7, 11) is 0. The van der Waals surface area contributed by atoms with Gasteiger partial charge in [-0.2, -0.15) is 0 Å². The molecule has 5 heteroatoms. The molecule has 0 radical (unpaired) electrons. The van der Waals surface area contributed by atoms with Gasteiger partial charge >= 0.3 is 0 Å². The molecule has 1 atom stereocenters. The molecule has 32 heavy (non-hydrogen) atoms. The Morgan fingerprint density at radius 2 is 1.75 bits per heavy atom. The Hall–Kier alpha value is -3.21. The standard InChI is InChI=1S/C27H31N3O2/c1-19-15-22(17-25(16-19)30-26-28-14-13-20(2)29-26)21-9-11-24(12-10-21)27(3,32-18-31)23-7-5-4-6-8-23/h9-18,23H,4-8H2,1-3H3,(H,28,29,30). The van der Waals surface area contributed by atoms with Crippen molar-refractivity contribution in [3.8, 4) is 11.1 Å². The average molecular weight is 430 g/mol. The lowest BCUT2D eigenvalue weighted by molar-refractivity contribution is -0.151. The number of benzene rings is 2. The van der Waals surface area contributed by atoms with Gasteiger partial charge in [-0.05, 0) is 74.1 Å². The first-order valence-corrected chi connectivity index (χ1v) is 11.4. The first kappa shape index (κ1) is 22.0. The van der Waals surface area contributed by atoms with Crippen molar-refractivity contribution in [1.82, 2.24) is 9.97 Å². The van der Waals surface area contributed by atoms with Crippen molar-refractivity contribution in [1.29, 1.82) is 0 Å². The summed E-state index contributed by atoms with van der Waals surface area (Å²) in [6.45, 7) is 6.70. The summed E-state index contributed by atoms with van der Waals surface area (Å²) in [5.74, 6) is 0.947. The Bertz CT molecular complexity index is 1070. The van der Waals surface area contributed by atoms with Crippen LogP contribution in [0.4, 0.5) is 11.6 Å². The van der Waals surface area contributed by atoms with Crippen LogP contribution in [0.2, 0.25) is 0 Å². The van der Waals surface area contributed by atoms with Crippen LogP contribution in [0, 0.1) is 19.8 Å². The second-order valence-corrected chi connectivity index (χ2v) is 8.97. The predicted molar refractivity (Wildman–Crippen MR) is 128 cm³/mol. The van der Waals surface area contributed by atoms with E-state index in [0.29, 0.717) is 18.3 Å². The molecule has 0 bridgehead atoms. The van der Waals surface area contributed by atoms with Crippen LogP contribution < -0.4 is 5.32 Å². The molecule has 0 saturated heterocycles. The number of ether oxygens (including phenoxy) is 1. The Labute approximate surface area is 190 Å². The van der Waals surface area contributed by atoms with Crippen molar-refractivity contribution in [2.75, 3.05) is 5.32 Å². The number of carbonyl (C=O) groups excluding carboxylic acids is 1. The summed E-state index contributed by atoms with van der Waals surface area (Å²) < 4.78 is 5.71. The van der Waals surface area contributed by atoms with Gasteiger partial charge in [0, 0.05) is 23.5 Å². The number of aryl methyl sites for hydroxylation is 2. The maximum atomic E-state index is 11.3. The zero-order valence-electron chi connectivity index (χ0n) is 19.1. The summed E-state index contributed by atoms with van der Waals surface area (Å²) in [6.07, 6.45) is 7.61. The molecule has 3 aromatic rings. The minimum atomic E-state index is -0.581. The third-order valence-electron chi connectivity index (χ3n) is 6.60. The van der Waals surface area contributed by atoms with E-state index >= 15 is 0 Å². The van der Waals surface area contributed by atoms with Gasteiger partial charge in [-0.1, -0.05) is 49.6 Å². The van der Waals surface area contributed by atoms with Crippen LogP contribution in [0.3, 0.4) is 0 Å². The minimum absolute atomic E-state index is 0.358. The molecule has 2 aromatic carbocycles. The van der Waals surface area contributed by atoms with E-state index in [0.717, 1.165) is 46.5 Å². The van der Waals surface area contributed by atoms with Gasteiger partial charge in [-0.25, -0.2) is 9.97 Å². The topological polar surface area (TPSA) is 64.1 Å². The summed E-state index contributed by atoms with van der Waals surface area (Å²) in [5, 5.41) is 3.31. The fourth-order valence-electron chi connectivity index (χ4n) is 4.81. The van der Waals surface area contributed by atoms with Crippen molar-refractivity contribution in [3.05, 3.63) is 71.5 Å². The Morgan fingerprint density at radius 3 is 2.44 bits per heavy atom. The lowest BCUT2D eigenvalue weighted by atomic mass is 9.74. The van der Waals surface area contributed by atoms with E-state index in [4.69, 9.17) is 4.74 Å². The van der Waals surface area contributed by atoms with Gasteiger partial charge in [0.05, 0.1) is 0 Å². The summed E-state index contributed by atoms with van der Waals surface area (Å²) in [6, 6.07) is 16.7. The molecule has 1 unspecified atom stereocenters. The van der Waals surface area contributed by atoms with Crippen LogP contribution in [0.15, 0.2) is 54.7 Å². The number of anilines is 2. The molecule has 5 nitrogen and oxygen atoms in total. The first-order chi connectivity index (χ1) is 15.5. The largest absolute Gasteiger partial charge is 0.456 e. The van der Waals surface area contributed by atoms with Gasteiger partial charge < -0.3 is 10.1 Å². The average Bonchev–Trinajstić information content (AvgIpc) is 2.79. The maximum absolute atomic E-state index is 11.3. The highest BCUT2D eigenvalue weighted by Gasteiger charge is 2.38. The number of nitrogens with zero attached hydrogens (tertiary/aromatic N) is 2. The Balaban J connectivity index is 1.60. The normalized spacial score (nSPS) is 16.2. The third kappa shape index (κ3) is 4.82. The third-order valence-corrected chi connectivity index (χ3v) is 6.60. The molecular weight excluding hydrogens is 398 g/mol. The zero-order chi connectivity index (χ0) is 22.6.